The van der Waals surface area contributed by atoms with Crippen LogP contribution in [0.15, 0.2) is 35.8 Å². The Morgan fingerprint density at radius 1 is 1.25 bits per heavy atom. The monoisotopic (exact) mass is 274 g/mol. The van der Waals surface area contributed by atoms with E-state index in [4.69, 9.17) is 11.6 Å². The second-order valence-corrected chi connectivity index (χ2v) is 4.53. The number of hydrogen-bond acceptors (Lipinski definition) is 3. The number of pyridine rings is 1. The Balaban J connectivity index is 0.00000128. The Bertz CT molecular complexity index is 418. The van der Waals surface area contributed by atoms with Gasteiger partial charge in [0.25, 0.3) is 0 Å². The lowest BCUT2D eigenvalue weighted by Gasteiger charge is -2.04. The van der Waals surface area contributed by atoms with E-state index in [1.165, 1.54) is 4.88 Å². The molecule has 2 aromatic rings. The Hall–Kier alpha value is -0.610. The van der Waals surface area contributed by atoms with Gasteiger partial charge in [0.05, 0.1) is 0 Å². The van der Waals surface area contributed by atoms with Crippen molar-refractivity contribution in [1.82, 2.24) is 10.3 Å². The SMILES string of the molecule is Cl.Clc1ncccc1CNCc1cccs1. The molecule has 0 unspecified atom stereocenters. The molecule has 0 fully saturated rings. The van der Waals surface area contributed by atoms with E-state index in [0.29, 0.717) is 5.15 Å². The minimum absolute atomic E-state index is 0. The van der Waals surface area contributed by atoms with Crippen LogP contribution in [0.1, 0.15) is 10.4 Å². The smallest absolute Gasteiger partial charge is 0.133 e. The maximum Gasteiger partial charge on any atom is 0.133 e. The van der Waals surface area contributed by atoms with Crippen molar-refractivity contribution in [2.75, 3.05) is 0 Å². The van der Waals surface area contributed by atoms with Gasteiger partial charge in [-0.1, -0.05) is 23.7 Å². The Morgan fingerprint density at radius 3 is 2.81 bits per heavy atom. The number of hydrogen-bond donors (Lipinski definition) is 1. The minimum atomic E-state index is 0. The standard InChI is InChI=1S/C11H11ClN2S.ClH/c12-11-9(3-1-5-14-11)7-13-8-10-4-2-6-15-10;/h1-6,13H,7-8H2;1H. The number of nitrogens with one attached hydrogen (secondary N) is 1. The maximum atomic E-state index is 5.94. The van der Waals surface area contributed by atoms with Crippen LogP contribution in [-0.4, -0.2) is 4.98 Å². The van der Waals surface area contributed by atoms with Crippen LogP contribution in [0.25, 0.3) is 0 Å². The molecule has 0 aliphatic rings. The second-order valence-electron chi connectivity index (χ2n) is 3.14. The van der Waals surface area contributed by atoms with Crippen LogP contribution in [0.3, 0.4) is 0 Å². The third-order valence-electron chi connectivity index (χ3n) is 2.03. The van der Waals surface area contributed by atoms with Gasteiger partial charge in [-0.25, -0.2) is 4.98 Å². The highest BCUT2D eigenvalue weighted by Crippen LogP contribution is 2.12. The molecule has 0 spiro atoms. The molecule has 0 aromatic carbocycles. The summed E-state index contributed by atoms with van der Waals surface area (Å²) in [6, 6.07) is 8.05. The van der Waals surface area contributed by atoms with Gasteiger partial charge in [-0.15, -0.1) is 23.7 Å². The average molecular weight is 275 g/mol. The molecule has 0 aliphatic carbocycles. The van der Waals surface area contributed by atoms with E-state index in [2.05, 4.69) is 27.8 Å². The third kappa shape index (κ3) is 3.76. The van der Waals surface area contributed by atoms with Crippen LogP contribution in [0, 0.1) is 0 Å². The van der Waals surface area contributed by atoms with E-state index >= 15 is 0 Å². The summed E-state index contributed by atoms with van der Waals surface area (Å²) in [5, 5.41) is 5.99. The molecule has 16 heavy (non-hydrogen) atoms. The summed E-state index contributed by atoms with van der Waals surface area (Å²) in [6.45, 7) is 1.63. The molecular weight excluding hydrogens is 263 g/mol. The fourth-order valence-corrected chi connectivity index (χ4v) is 2.15. The molecule has 0 atom stereocenters. The number of thiophene rings is 1. The summed E-state index contributed by atoms with van der Waals surface area (Å²) in [6.07, 6.45) is 1.70. The summed E-state index contributed by atoms with van der Waals surface area (Å²) >= 11 is 7.69. The molecule has 2 heterocycles. The molecule has 1 N–H and O–H groups in total. The van der Waals surface area contributed by atoms with E-state index in [9.17, 15) is 0 Å². The van der Waals surface area contributed by atoms with Crippen LogP contribution < -0.4 is 5.32 Å². The van der Waals surface area contributed by atoms with Gasteiger partial charge < -0.3 is 5.32 Å². The van der Waals surface area contributed by atoms with Crippen molar-refractivity contribution < 1.29 is 0 Å². The lowest BCUT2D eigenvalue weighted by atomic mass is 10.3. The third-order valence-corrected chi connectivity index (χ3v) is 3.25. The summed E-state index contributed by atoms with van der Waals surface area (Å²) in [7, 11) is 0. The first-order valence-corrected chi connectivity index (χ1v) is 5.94. The van der Waals surface area contributed by atoms with E-state index in [-0.39, 0.29) is 12.4 Å². The van der Waals surface area contributed by atoms with Crippen molar-refractivity contribution in [3.8, 4) is 0 Å². The molecule has 0 aliphatic heterocycles. The normalized spacial score (nSPS) is 9.81. The molecule has 2 nitrogen and oxygen atoms in total. The second kappa shape index (κ2) is 6.86. The van der Waals surface area contributed by atoms with Crippen LogP contribution >= 0.6 is 35.3 Å². The topological polar surface area (TPSA) is 24.9 Å². The van der Waals surface area contributed by atoms with Gasteiger partial charge in [0.2, 0.25) is 0 Å². The summed E-state index contributed by atoms with van der Waals surface area (Å²) in [5.41, 5.74) is 1.04. The van der Waals surface area contributed by atoms with Crippen LogP contribution in [0.2, 0.25) is 5.15 Å². The van der Waals surface area contributed by atoms with Crippen molar-refractivity contribution in [3.63, 3.8) is 0 Å². The van der Waals surface area contributed by atoms with Gasteiger partial charge in [0, 0.05) is 29.7 Å². The fraction of sp³-hybridized carbons (Fsp3) is 0.182. The molecule has 5 heteroatoms. The van der Waals surface area contributed by atoms with E-state index < -0.39 is 0 Å². The van der Waals surface area contributed by atoms with Crippen LogP contribution in [-0.2, 0) is 13.1 Å². The molecule has 0 saturated carbocycles. The zero-order valence-corrected chi connectivity index (χ0v) is 10.9. The van der Waals surface area contributed by atoms with Gasteiger partial charge in [-0.2, -0.15) is 0 Å². The molecule has 0 amide bonds. The van der Waals surface area contributed by atoms with Crippen LogP contribution in [0.5, 0.6) is 0 Å². The molecule has 86 valence electrons. The molecule has 0 bridgehead atoms. The summed E-state index contributed by atoms with van der Waals surface area (Å²) < 4.78 is 0. The predicted octanol–water partition coefficient (Wildman–Crippen LogP) is 3.51. The maximum absolute atomic E-state index is 5.94. The predicted molar refractivity (Wildman–Crippen MR) is 71.4 cm³/mol. The Morgan fingerprint density at radius 2 is 2.12 bits per heavy atom. The highest BCUT2D eigenvalue weighted by Gasteiger charge is 1.99. The number of halogens is 2. The van der Waals surface area contributed by atoms with Crippen molar-refractivity contribution in [2.24, 2.45) is 0 Å². The molecular formula is C11H12Cl2N2S. The fourth-order valence-electron chi connectivity index (χ4n) is 1.28. The zero-order valence-electron chi connectivity index (χ0n) is 8.52. The Labute approximate surface area is 110 Å². The average Bonchev–Trinajstić information content (AvgIpc) is 2.74. The van der Waals surface area contributed by atoms with Crippen molar-refractivity contribution in [2.45, 2.75) is 13.1 Å². The van der Waals surface area contributed by atoms with Gasteiger partial charge in [0.15, 0.2) is 0 Å². The largest absolute Gasteiger partial charge is 0.308 e. The van der Waals surface area contributed by atoms with E-state index in [1.807, 2.05) is 12.1 Å². The Kier molecular flexibility index (Phi) is 5.77. The first kappa shape index (κ1) is 13.5. The van der Waals surface area contributed by atoms with Gasteiger partial charge in [-0.05, 0) is 17.5 Å². The quantitative estimate of drug-likeness (QED) is 0.864. The summed E-state index contributed by atoms with van der Waals surface area (Å²) in [5.74, 6) is 0. The van der Waals surface area contributed by atoms with E-state index in [1.54, 1.807) is 17.5 Å². The highest BCUT2D eigenvalue weighted by molar-refractivity contribution is 7.09. The number of rotatable bonds is 4. The van der Waals surface area contributed by atoms with Gasteiger partial charge in [-0.3, -0.25) is 0 Å². The molecule has 2 rings (SSSR count). The summed E-state index contributed by atoms with van der Waals surface area (Å²) in [4.78, 5) is 5.35. The van der Waals surface area contributed by atoms with Gasteiger partial charge in [0.1, 0.15) is 5.15 Å². The minimum Gasteiger partial charge on any atom is -0.308 e. The molecule has 0 saturated heterocycles. The highest BCUT2D eigenvalue weighted by atomic mass is 35.5. The number of aromatic nitrogens is 1. The number of nitrogens with zero attached hydrogens (tertiary/aromatic N) is 1. The lowest BCUT2D eigenvalue weighted by molar-refractivity contribution is 0.699. The van der Waals surface area contributed by atoms with Crippen molar-refractivity contribution in [3.05, 3.63) is 51.4 Å². The molecule has 2 aromatic heterocycles. The van der Waals surface area contributed by atoms with E-state index in [0.717, 1.165) is 18.7 Å². The van der Waals surface area contributed by atoms with Gasteiger partial charge >= 0.3 is 0 Å². The van der Waals surface area contributed by atoms with Crippen molar-refractivity contribution >= 4 is 35.3 Å². The molecule has 0 radical (unpaired) electrons. The van der Waals surface area contributed by atoms with Crippen LogP contribution in [0.4, 0.5) is 0 Å². The van der Waals surface area contributed by atoms with Crippen molar-refractivity contribution in [1.29, 1.82) is 0 Å². The zero-order chi connectivity index (χ0) is 10.5. The first-order valence-electron chi connectivity index (χ1n) is 4.69. The first-order chi connectivity index (χ1) is 7.36. The lowest BCUT2D eigenvalue weighted by Crippen LogP contribution is -2.12.